The Kier molecular flexibility index (Phi) is 4.07. The Labute approximate surface area is 130 Å². The number of benzene rings is 2. The molecule has 1 unspecified atom stereocenters. The van der Waals surface area contributed by atoms with Crippen molar-refractivity contribution in [3.8, 4) is 5.75 Å². The van der Waals surface area contributed by atoms with Crippen molar-refractivity contribution in [2.24, 2.45) is 0 Å². The number of rotatable bonds is 4. The van der Waals surface area contributed by atoms with Crippen LogP contribution in [-0.4, -0.2) is 10.1 Å². The Morgan fingerprint density at radius 1 is 1.09 bits per heavy atom. The van der Waals surface area contributed by atoms with Crippen molar-refractivity contribution in [1.82, 2.24) is 4.98 Å². The molecule has 3 nitrogen and oxygen atoms in total. The van der Waals surface area contributed by atoms with E-state index < -0.39 is 6.10 Å². The van der Waals surface area contributed by atoms with Crippen LogP contribution in [0.25, 0.3) is 10.9 Å². The first-order valence-corrected chi connectivity index (χ1v) is 7.39. The summed E-state index contributed by atoms with van der Waals surface area (Å²) in [6.07, 6.45) is -0.493. The maximum atomic E-state index is 9.65. The second-order valence-corrected chi connectivity index (χ2v) is 5.48. The lowest BCUT2D eigenvalue weighted by molar-refractivity contribution is 0.198. The van der Waals surface area contributed by atoms with Crippen LogP contribution in [0.1, 0.15) is 29.8 Å². The van der Waals surface area contributed by atoms with Gasteiger partial charge in [-0.15, -0.1) is 0 Å². The molecular formula is C19H19NO2. The van der Waals surface area contributed by atoms with E-state index in [0.29, 0.717) is 6.61 Å². The molecule has 0 amide bonds. The number of fused-ring (bicyclic) bond motifs is 1. The van der Waals surface area contributed by atoms with Crippen LogP contribution >= 0.6 is 0 Å². The van der Waals surface area contributed by atoms with Crippen LogP contribution in [0, 0.1) is 6.92 Å². The second kappa shape index (κ2) is 6.16. The normalized spacial score (nSPS) is 12.3. The molecule has 112 valence electrons. The van der Waals surface area contributed by atoms with Crippen molar-refractivity contribution in [2.45, 2.75) is 26.6 Å². The van der Waals surface area contributed by atoms with Gasteiger partial charge in [-0.2, -0.15) is 0 Å². The molecule has 0 aliphatic rings. The fraction of sp³-hybridized carbons (Fsp3) is 0.211. The fourth-order valence-electron chi connectivity index (χ4n) is 2.54. The van der Waals surface area contributed by atoms with Crippen LogP contribution < -0.4 is 4.74 Å². The lowest BCUT2D eigenvalue weighted by atomic mass is 10.1. The predicted molar refractivity (Wildman–Crippen MR) is 87.9 cm³/mol. The molecule has 1 atom stereocenters. The Bertz CT molecular complexity index is 796. The van der Waals surface area contributed by atoms with Gasteiger partial charge < -0.3 is 9.84 Å². The summed E-state index contributed by atoms with van der Waals surface area (Å²) >= 11 is 0. The van der Waals surface area contributed by atoms with Gasteiger partial charge >= 0.3 is 0 Å². The highest BCUT2D eigenvalue weighted by Crippen LogP contribution is 2.22. The largest absolute Gasteiger partial charge is 0.489 e. The highest BCUT2D eigenvalue weighted by Gasteiger charge is 2.06. The van der Waals surface area contributed by atoms with E-state index in [1.165, 1.54) is 0 Å². The van der Waals surface area contributed by atoms with E-state index in [9.17, 15) is 5.11 Å². The van der Waals surface area contributed by atoms with Crippen LogP contribution in [0.3, 0.4) is 0 Å². The van der Waals surface area contributed by atoms with Gasteiger partial charge in [-0.1, -0.05) is 30.3 Å². The minimum atomic E-state index is -0.493. The maximum absolute atomic E-state index is 9.65. The van der Waals surface area contributed by atoms with Gasteiger partial charge in [0.15, 0.2) is 0 Å². The monoisotopic (exact) mass is 293 g/mol. The molecule has 0 aliphatic carbocycles. The van der Waals surface area contributed by atoms with Gasteiger partial charge in [0.05, 0.1) is 11.6 Å². The SMILES string of the molecule is Cc1cc(COc2cccc(C(C)O)c2)c2ccccc2n1. The average Bonchev–Trinajstić information content (AvgIpc) is 2.52. The number of ether oxygens (including phenoxy) is 1. The Morgan fingerprint density at radius 2 is 1.91 bits per heavy atom. The van der Waals surface area contributed by atoms with Crippen molar-refractivity contribution in [2.75, 3.05) is 0 Å². The fourth-order valence-corrected chi connectivity index (χ4v) is 2.54. The van der Waals surface area contributed by atoms with Gasteiger partial charge in [0.1, 0.15) is 12.4 Å². The van der Waals surface area contributed by atoms with E-state index in [0.717, 1.165) is 33.5 Å². The van der Waals surface area contributed by atoms with E-state index in [1.54, 1.807) is 6.92 Å². The Morgan fingerprint density at radius 3 is 2.73 bits per heavy atom. The molecule has 1 aromatic heterocycles. The summed E-state index contributed by atoms with van der Waals surface area (Å²) in [4.78, 5) is 4.54. The lowest BCUT2D eigenvalue weighted by Gasteiger charge is -2.11. The van der Waals surface area contributed by atoms with E-state index in [4.69, 9.17) is 4.74 Å². The lowest BCUT2D eigenvalue weighted by Crippen LogP contribution is -1.99. The first kappa shape index (κ1) is 14.5. The topological polar surface area (TPSA) is 42.4 Å². The zero-order chi connectivity index (χ0) is 15.5. The summed E-state index contributed by atoms with van der Waals surface area (Å²) in [5.74, 6) is 0.761. The van der Waals surface area contributed by atoms with E-state index in [2.05, 4.69) is 17.1 Å². The second-order valence-electron chi connectivity index (χ2n) is 5.48. The quantitative estimate of drug-likeness (QED) is 0.785. The molecule has 0 aliphatic heterocycles. The Hall–Kier alpha value is -2.39. The number of aliphatic hydroxyl groups excluding tert-OH is 1. The van der Waals surface area contributed by atoms with Gasteiger partial charge in [-0.25, -0.2) is 0 Å². The number of nitrogens with zero attached hydrogens (tertiary/aromatic N) is 1. The third-order valence-corrected chi connectivity index (χ3v) is 3.66. The van der Waals surface area contributed by atoms with E-state index in [1.807, 2.05) is 49.4 Å². The zero-order valence-electron chi connectivity index (χ0n) is 12.8. The number of aromatic nitrogens is 1. The van der Waals surface area contributed by atoms with Crippen LogP contribution in [0.2, 0.25) is 0 Å². The molecule has 2 aromatic carbocycles. The molecule has 0 fully saturated rings. The first-order valence-electron chi connectivity index (χ1n) is 7.39. The number of hydrogen-bond donors (Lipinski definition) is 1. The molecule has 22 heavy (non-hydrogen) atoms. The highest BCUT2D eigenvalue weighted by molar-refractivity contribution is 5.82. The van der Waals surface area contributed by atoms with Gasteiger partial charge in [-0.05, 0) is 43.7 Å². The molecule has 1 heterocycles. The van der Waals surface area contributed by atoms with Crippen molar-refractivity contribution in [1.29, 1.82) is 0 Å². The summed E-state index contributed by atoms with van der Waals surface area (Å²) in [6, 6.07) is 17.7. The summed E-state index contributed by atoms with van der Waals surface area (Å²) in [6.45, 7) is 4.22. The average molecular weight is 293 g/mol. The predicted octanol–water partition coefficient (Wildman–Crippen LogP) is 4.18. The minimum absolute atomic E-state index is 0.479. The van der Waals surface area contributed by atoms with Crippen LogP contribution in [0.5, 0.6) is 5.75 Å². The van der Waals surface area contributed by atoms with Gasteiger partial charge in [0, 0.05) is 16.6 Å². The molecule has 0 radical (unpaired) electrons. The van der Waals surface area contributed by atoms with Crippen LogP contribution in [0.15, 0.2) is 54.6 Å². The van der Waals surface area contributed by atoms with Crippen molar-refractivity contribution in [3.63, 3.8) is 0 Å². The molecule has 3 aromatic rings. The van der Waals surface area contributed by atoms with Crippen LogP contribution in [0.4, 0.5) is 0 Å². The molecular weight excluding hydrogens is 274 g/mol. The molecule has 3 heteroatoms. The number of pyridine rings is 1. The van der Waals surface area contributed by atoms with Crippen molar-refractivity contribution < 1.29 is 9.84 Å². The molecule has 0 spiro atoms. The van der Waals surface area contributed by atoms with Crippen molar-refractivity contribution >= 4 is 10.9 Å². The minimum Gasteiger partial charge on any atom is -0.489 e. The standard InChI is InChI=1S/C19H19NO2/c1-13-10-16(18-8-3-4-9-19(18)20-13)12-22-17-7-5-6-15(11-17)14(2)21/h3-11,14,21H,12H2,1-2H3. The molecule has 0 saturated heterocycles. The third-order valence-electron chi connectivity index (χ3n) is 3.66. The summed E-state index contributed by atoms with van der Waals surface area (Å²) in [5, 5.41) is 10.8. The maximum Gasteiger partial charge on any atom is 0.120 e. The number of hydrogen-bond acceptors (Lipinski definition) is 3. The number of aryl methyl sites for hydroxylation is 1. The third kappa shape index (κ3) is 3.10. The van der Waals surface area contributed by atoms with Crippen LogP contribution in [-0.2, 0) is 6.61 Å². The molecule has 0 saturated carbocycles. The molecule has 0 bridgehead atoms. The highest BCUT2D eigenvalue weighted by atomic mass is 16.5. The number of aliphatic hydroxyl groups is 1. The Balaban J connectivity index is 1.86. The van der Waals surface area contributed by atoms with Gasteiger partial charge in [0.2, 0.25) is 0 Å². The smallest absolute Gasteiger partial charge is 0.120 e. The first-order chi connectivity index (χ1) is 10.6. The van der Waals surface area contributed by atoms with Gasteiger partial charge in [-0.3, -0.25) is 4.98 Å². The molecule has 3 rings (SSSR count). The summed E-state index contributed by atoms with van der Waals surface area (Å²) in [5.41, 5.74) is 3.94. The summed E-state index contributed by atoms with van der Waals surface area (Å²) < 4.78 is 5.91. The van der Waals surface area contributed by atoms with E-state index >= 15 is 0 Å². The number of para-hydroxylation sites is 1. The summed E-state index contributed by atoms with van der Waals surface area (Å²) in [7, 11) is 0. The van der Waals surface area contributed by atoms with Gasteiger partial charge in [0.25, 0.3) is 0 Å². The molecule has 1 N–H and O–H groups in total. The van der Waals surface area contributed by atoms with E-state index in [-0.39, 0.29) is 0 Å². The zero-order valence-corrected chi connectivity index (χ0v) is 12.8. The van der Waals surface area contributed by atoms with Crippen molar-refractivity contribution in [3.05, 3.63) is 71.4 Å².